The minimum absolute atomic E-state index is 0.0735. The van der Waals surface area contributed by atoms with Crippen LogP contribution in [0.2, 0.25) is 0 Å². The van der Waals surface area contributed by atoms with Crippen molar-refractivity contribution < 1.29 is 23.0 Å². The molecule has 0 radical (unpaired) electrons. The Morgan fingerprint density at radius 2 is 1.87 bits per heavy atom. The highest BCUT2D eigenvalue weighted by atomic mass is 19.4. The average Bonchev–Trinajstić information content (AvgIpc) is 2.48. The molecule has 1 heterocycles. The molecule has 2 aromatic carbocycles. The van der Waals surface area contributed by atoms with Crippen molar-refractivity contribution in [2.75, 3.05) is 18.1 Å². The number of nitrogens with two attached hydrogens (primary N) is 2. The van der Waals surface area contributed by atoms with Crippen LogP contribution in [0, 0.1) is 0 Å². The summed E-state index contributed by atoms with van der Waals surface area (Å²) in [6.45, 7) is 0.313. The van der Waals surface area contributed by atoms with E-state index in [1.165, 1.54) is 24.3 Å². The molecule has 0 saturated carbocycles. The van der Waals surface area contributed by atoms with Crippen LogP contribution in [0.25, 0.3) is 11.1 Å². The Balaban J connectivity index is 2.18. The molecular weight excluding hydrogens is 309 g/mol. The summed E-state index contributed by atoms with van der Waals surface area (Å²) in [5.41, 5.74) is 10.3. The van der Waals surface area contributed by atoms with Gasteiger partial charge in [-0.3, -0.25) is 0 Å². The van der Waals surface area contributed by atoms with Crippen molar-refractivity contribution in [3.63, 3.8) is 0 Å². The van der Waals surface area contributed by atoms with Gasteiger partial charge in [0.05, 0.1) is 29.6 Å². The molecule has 4 nitrogen and oxygen atoms in total. The van der Waals surface area contributed by atoms with Crippen molar-refractivity contribution >= 4 is 11.4 Å². The van der Waals surface area contributed by atoms with E-state index in [-0.39, 0.29) is 11.3 Å². The lowest BCUT2D eigenvalue weighted by atomic mass is 9.94. The molecule has 1 unspecified atom stereocenters. The van der Waals surface area contributed by atoms with Crippen molar-refractivity contribution in [1.29, 1.82) is 0 Å². The van der Waals surface area contributed by atoms with Gasteiger partial charge >= 0.3 is 6.18 Å². The Hall–Kier alpha value is -2.41. The van der Waals surface area contributed by atoms with Crippen LogP contribution < -0.4 is 16.2 Å². The van der Waals surface area contributed by atoms with E-state index in [2.05, 4.69) is 0 Å². The minimum atomic E-state index is -4.63. The highest BCUT2D eigenvalue weighted by Crippen LogP contribution is 2.44. The van der Waals surface area contributed by atoms with Crippen LogP contribution in [0.1, 0.15) is 23.7 Å². The highest BCUT2D eigenvalue weighted by Gasteiger charge is 2.37. The summed E-state index contributed by atoms with van der Waals surface area (Å²) in [6.07, 6.45) is -4.86. The van der Waals surface area contributed by atoms with Gasteiger partial charge in [0.25, 0.3) is 0 Å². The van der Waals surface area contributed by atoms with Gasteiger partial charge < -0.3 is 21.3 Å². The molecule has 122 valence electrons. The first-order valence-corrected chi connectivity index (χ1v) is 6.99. The van der Waals surface area contributed by atoms with Crippen LogP contribution in [0.3, 0.4) is 0 Å². The van der Waals surface area contributed by atoms with Crippen molar-refractivity contribution in [3.8, 4) is 16.9 Å². The summed E-state index contributed by atoms with van der Waals surface area (Å²) in [5.74, 6) is 0.379. The normalized spacial score (nSPS) is 17.5. The molecule has 5 N–H and O–H groups in total. The number of hydrogen-bond acceptors (Lipinski definition) is 4. The van der Waals surface area contributed by atoms with E-state index < -0.39 is 23.5 Å². The molecule has 1 atom stereocenters. The molecule has 0 spiro atoms. The molecular formula is C16H15F3N2O2. The number of anilines is 2. The Bertz CT molecular complexity index is 760. The molecule has 0 fully saturated rings. The number of hydrogen-bond donors (Lipinski definition) is 3. The zero-order valence-electron chi connectivity index (χ0n) is 12.0. The topological polar surface area (TPSA) is 81.5 Å². The molecule has 0 bridgehead atoms. The van der Waals surface area contributed by atoms with Gasteiger partial charge in [0.15, 0.2) is 0 Å². The van der Waals surface area contributed by atoms with Crippen molar-refractivity contribution in [2.24, 2.45) is 0 Å². The molecule has 1 aliphatic rings. The molecule has 2 aromatic rings. The number of fused-ring (bicyclic) bond motifs is 1. The summed E-state index contributed by atoms with van der Waals surface area (Å²) < 4.78 is 45.5. The number of alkyl halides is 3. The smallest absolute Gasteiger partial charge is 0.419 e. The van der Waals surface area contributed by atoms with E-state index in [0.29, 0.717) is 29.9 Å². The van der Waals surface area contributed by atoms with Crippen LogP contribution in [0.15, 0.2) is 30.3 Å². The minimum Gasteiger partial charge on any atom is -0.493 e. The van der Waals surface area contributed by atoms with Crippen LogP contribution in [0.5, 0.6) is 5.75 Å². The quantitative estimate of drug-likeness (QED) is 0.703. The summed E-state index contributed by atoms with van der Waals surface area (Å²) in [5, 5.41) is 9.89. The average molecular weight is 324 g/mol. The number of rotatable bonds is 1. The van der Waals surface area contributed by atoms with Crippen molar-refractivity contribution in [2.45, 2.75) is 18.7 Å². The van der Waals surface area contributed by atoms with E-state index in [9.17, 15) is 18.3 Å². The largest absolute Gasteiger partial charge is 0.493 e. The fourth-order valence-corrected chi connectivity index (χ4v) is 2.72. The number of nitrogen functional groups attached to an aromatic ring is 2. The van der Waals surface area contributed by atoms with Gasteiger partial charge in [0, 0.05) is 12.0 Å². The number of aliphatic hydroxyl groups is 1. The summed E-state index contributed by atoms with van der Waals surface area (Å²) in [4.78, 5) is 0. The second-order valence-corrected chi connectivity index (χ2v) is 5.39. The molecule has 23 heavy (non-hydrogen) atoms. The summed E-state index contributed by atoms with van der Waals surface area (Å²) in [6, 6.07) is 7.20. The van der Waals surface area contributed by atoms with Crippen LogP contribution in [0.4, 0.5) is 24.5 Å². The molecule has 0 amide bonds. The van der Waals surface area contributed by atoms with Crippen molar-refractivity contribution in [3.05, 3.63) is 41.5 Å². The van der Waals surface area contributed by atoms with Gasteiger partial charge in [-0.05, 0) is 23.3 Å². The van der Waals surface area contributed by atoms with E-state index in [1.807, 2.05) is 0 Å². The second kappa shape index (κ2) is 5.34. The van der Waals surface area contributed by atoms with E-state index >= 15 is 0 Å². The third kappa shape index (κ3) is 2.68. The molecule has 7 heteroatoms. The van der Waals surface area contributed by atoms with E-state index in [0.717, 1.165) is 0 Å². The van der Waals surface area contributed by atoms with Crippen LogP contribution in [-0.2, 0) is 6.18 Å². The summed E-state index contributed by atoms with van der Waals surface area (Å²) in [7, 11) is 0. The first-order chi connectivity index (χ1) is 10.8. The fourth-order valence-electron chi connectivity index (χ4n) is 2.72. The molecule has 1 aliphatic heterocycles. The molecule has 0 aromatic heterocycles. The Labute approximate surface area is 130 Å². The first kappa shape index (κ1) is 15.5. The monoisotopic (exact) mass is 324 g/mol. The van der Waals surface area contributed by atoms with Gasteiger partial charge in [-0.1, -0.05) is 18.2 Å². The van der Waals surface area contributed by atoms with Gasteiger partial charge in [0.2, 0.25) is 0 Å². The van der Waals surface area contributed by atoms with E-state index in [4.69, 9.17) is 16.2 Å². The van der Waals surface area contributed by atoms with Crippen LogP contribution >= 0.6 is 0 Å². The predicted molar refractivity (Wildman–Crippen MR) is 80.8 cm³/mol. The summed E-state index contributed by atoms with van der Waals surface area (Å²) >= 11 is 0. The fraction of sp³-hybridized carbons (Fsp3) is 0.250. The molecule has 0 saturated heterocycles. The maximum atomic E-state index is 13.4. The first-order valence-electron chi connectivity index (χ1n) is 6.99. The third-order valence-corrected chi connectivity index (χ3v) is 3.90. The Kier molecular flexibility index (Phi) is 3.60. The Morgan fingerprint density at radius 1 is 1.13 bits per heavy atom. The predicted octanol–water partition coefficient (Wildman–Crippen LogP) is 3.35. The third-order valence-electron chi connectivity index (χ3n) is 3.90. The zero-order valence-corrected chi connectivity index (χ0v) is 12.0. The maximum absolute atomic E-state index is 13.4. The van der Waals surface area contributed by atoms with Gasteiger partial charge in [-0.25, -0.2) is 0 Å². The lowest BCUT2D eigenvalue weighted by Crippen LogP contribution is -2.14. The van der Waals surface area contributed by atoms with E-state index in [1.54, 1.807) is 6.07 Å². The second-order valence-electron chi connectivity index (χ2n) is 5.39. The van der Waals surface area contributed by atoms with Crippen LogP contribution in [-0.4, -0.2) is 11.7 Å². The van der Waals surface area contributed by atoms with Gasteiger partial charge in [-0.2, -0.15) is 13.2 Å². The number of ether oxygens (including phenoxy) is 1. The zero-order chi connectivity index (χ0) is 16.8. The lowest BCUT2D eigenvalue weighted by molar-refractivity contribution is -0.136. The van der Waals surface area contributed by atoms with Gasteiger partial charge in [-0.15, -0.1) is 0 Å². The number of aliphatic hydroxyl groups excluding tert-OH is 1. The SMILES string of the molecule is Nc1ccc(-c2ccc3c(c2)OCCC3O)c(C(F)(F)F)c1N. The van der Waals surface area contributed by atoms with Gasteiger partial charge in [0.1, 0.15) is 5.75 Å². The highest BCUT2D eigenvalue weighted by molar-refractivity contribution is 5.81. The number of halogens is 3. The standard InChI is InChI=1S/C16H15F3N2O2/c17-16(18,19)14-9(3-4-11(20)15(14)21)8-1-2-10-12(22)5-6-23-13(10)7-8/h1-4,7,12,22H,5-6,20-21H2. The lowest BCUT2D eigenvalue weighted by Gasteiger charge is -2.23. The Morgan fingerprint density at radius 3 is 2.57 bits per heavy atom. The number of benzene rings is 2. The molecule has 3 rings (SSSR count). The maximum Gasteiger partial charge on any atom is 0.419 e. The van der Waals surface area contributed by atoms with Crippen molar-refractivity contribution in [1.82, 2.24) is 0 Å². The molecule has 0 aliphatic carbocycles.